The van der Waals surface area contributed by atoms with Gasteiger partial charge in [0, 0.05) is 12.4 Å². The van der Waals surface area contributed by atoms with Crippen molar-refractivity contribution in [2.45, 2.75) is 32.9 Å². The Morgan fingerprint density at radius 2 is 2.38 bits per heavy atom. The zero-order valence-corrected chi connectivity index (χ0v) is 10.4. The van der Waals surface area contributed by atoms with E-state index in [1.54, 1.807) is 17.5 Å². The van der Waals surface area contributed by atoms with Gasteiger partial charge in [0.05, 0.1) is 17.5 Å². The lowest BCUT2D eigenvalue weighted by Crippen LogP contribution is -2.14. The smallest absolute Gasteiger partial charge is 0.150 e. The predicted octanol–water partition coefficient (Wildman–Crippen LogP) is 2.69. The molecule has 0 aliphatic heterocycles. The first kappa shape index (κ1) is 11.4. The summed E-state index contributed by atoms with van der Waals surface area (Å²) in [5.74, 6) is 0.958. The topological polar surface area (TPSA) is 38.0 Å². The first-order chi connectivity index (χ1) is 7.72. The van der Waals surface area contributed by atoms with Crippen molar-refractivity contribution in [3.05, 3.63) is 29.4 Å². The van der Waals surface area contributed by atoms with Crippen LogP contribution in [-0.4, -0.2) is 20.8 Å². The van der Waals surface area contributed by atoms with Gasteiger partial charge in [0.15, 0.2) is 0 Å². The molecule has 0 aliphatic rings. The molecule has 0 fully saturated rings. The zero-order chi connectivity index (χ0) is 11.5. The SMILES string of the molecule is CCC(O)Cn1ccnc1-c1sccc1C. The van der Waals surface area contributed by atoms with E-state index >= 15 is 0 Å². The Bertz CT molecular complexity index is 461. The molecule has 1 N–H and O–H groups in total. The molecule has 0 amide bonds. The molecule has 16 heavy (non-hydrogen) atoms. The lowest BCUT2D eigenvalue weighted by Gasteiger charge is -2.11. The molecule has 0 spiro atoms. The molecule has 4 heteroatoms. The highest BCUT2D eigenvalue weighted by Gasteiger charge is 2.11. The molecule has 0 aliphatic carbocycles. The van der Waals surface area contributed by atoms with Crippen LogP contribution in [0.25, 0.3) is 10.7 Å². The summed E-state index contributed by atoms with van der Waals surface area (Å²) in [5, 5.41) is 11.7. The van der Waals surface area contributed by atoms with Gasteiger partial charge in [-0.1, -0.05) is 6.92 Å². The highest BCUT2D eigenvalue weighted by molar-refractivity contribution is 7.13. The van der Waals surface area contributed by atoms with Crippen molar-refractivity contribution < 1.29 is 5.11 Å². The van der Waals surface area contributed by atoms with Crippen LogP contribution in [0.5, 0.6) is 0 Å². The standard InChI is InChI=1S/C12H16N2OS/c1-3-10(15)8-14-6-5-13-12(14)11-9(2)4-7-16-11/h4-7,10,15H,3,8H2,1-2H3. The number of hydrogen-bond donors (Lipinski definition) is 1. The molecule has 0 radical (unpaired) electrons. The molecule has 0 bridgehead atoms. The van der Waals surface area contributed by atoms with Crippen LogP contribution in [0.15, 0.2) is 23.8 Å². The first-order valence-corrected chi connectivity index (χ1v) is 6.34. The Morgan fingerprint density at radius 3 is 3.00 bits per heavy atom. The third-order valence-corrected chi connectivity index (χ3v) is 3.67. The molecular formula is C12H16N2OS. The molecule has 1 unspecified atom stereocenters. The van der Waals surface area contributed by atoms with Gasteiger partial charge in [-0.3, -0.25) is 0 Å². The number of thiophene rings is 1. The highest BCUT2D eigenvalue weighted by Crippen LogP contribution is 2.27. The number of imidazole rings is 1. The number of hydrogen-bond acceptors (Lipinski definition) is 3. The molecular weight excluding hydrogens is 220 g/mol. The van der Waals surface area contributed by atoms with Crippen molar-refractivity contribution in [2.75, 3.05) is 0 Å². The van der Waals surface area contributed by atoms with Crippen molar-refractivity contribution in [1.82, 2.24) is 9.55 Å². The summed E-state index contributed by atoms with van der Waals surface area (Å²) >= 11 is 1.69. The third-order valence-electron chi connectivity index (χ3n) is 2.66. The van der Waals surface area contributed by atoms with Gasteiger partial charge in [0.2, 0.25) is 0 Å². The van der Waals surface area contributed by atoms with Crippen molar-refractivity contribution in [2.24, 2.45) is 0 Å². The minimum Gasteiger partial charge on any atom is -0.391 e. The summed E-state index contributed by atoms with van der Waals surface area (Å²) in [6.45, 7) is 4.68. The van der Waals surface area contributed by atoms with Crippen molar-refractivity contribution in [3.8, 4) is 10.7 Å². The summed E-state index contributed by atoms with van der Waals surface area (Å²) in [5.41, 5.74) is 1.24. The van der Waals surface area contributed by atoms with E-state index in [-0.39, 0.29) is 6.10 Å². The van der Waals surface area contributed by atoms with Crippen LogP contribution in [0.2, 0.25) is 0 Å². The quantitative estimate of drug-likeness (QED) is 0.886. The fraction of sp³-hybridized carbons (Fsp3) is 0.417. The maximum Gasteiger partial charge on any atom is 0.150 e. The number of rotatable bonds is 4. The second-order valence-corrected chi connectivity index (χ2v) is 4.81. The highest BCUT2D eigenvalue weighted by atomic mass is 32.1. The van der Waals surface area contributed by atoms with Gasteiger partial charge < -0.3 is 9.67 Å². The van der Waals surface area contributed by atoms with Crippen LogP contribution in [0, 0.1) is 6.92 Å². The minimum absolute atomic E-state index is 0.298. The van der Waals surface area contributed by atoms with Gasteiger partial charge in [0.1, 0.15) is 5.82 Å². The van der Waals surface area contributed by atoms with E-state index in [1.807, 2.05) is 17.7 Å². The number of aromatic nitrogens is 2. The van der Waals surface area contributed by atoms with E-state index in [0.717, 1.165) is 12.2 Å². The largest absolute Gasteiger partial charge is 0.391 e. The fourth-order valence-electron chi connectivity index (χ4n) is 1.62. The Morgan fingerprint density at radius 1 is 1.56 bits per heavy atom. The van der Waals surface area contributed by atoms with E-state index in [0.29, 0.717) is 6.54 Å². The Balaban J connectivity index is 2.29. The molecule has 0 aromatic carbocycles. The van der Waals surface area contributed by atoms with Gasteiger partial charge in [0.25, 0.3) is 0 Å². The van der Waals surface area contributed by atoms with Crippen molar-refractivity contribution in [3.63, 3.8) is 0 Å². The monoisotopic (exact) mass is 236 g/mol. The second kappa shape index (κ2) is 4.80. The van der Waals surface area contributed by atoms with Crippen LogP contribution < -0.4 is 0 Å². The maximum absolute atomic E-state index is 9.68. The number of aryl methyl sites for hydroxylation is 1. The number of nitrogens with zero attached hydrogens (tertiary/aromatic N) is 2. The van der Waals surface area contributed by atoms with E-state index < -0.39 is 0 Å². The zero-order valence-electron chi connectivity index (χ0n) is 9.55. The summed E-state index contributed by atoms with van der Waals surface area (Å²) in [6, 6.07) is 2.09. The second-order valence-electron chi connectivity index (χ2n) is 3.90. The van der Waals surface area contributed by atoms with Crippen LogP contribution >= 0.6 is 11.3 Å². The lowest BCUT2D eigenvalue weighted by molar-refractivity contribution is 0.150. The van der Waals surface area contributed by atoms with E-state index in [1.165, 1.54) is 10.4 Å². The Hall–Kier alpha value is -1.13. The van der Waals surface area contributed by atoms with Crippen LogP contribution in [0.3, 0.4) is 0 Å². The van der Waals surface area contributed by atoms with Crippen LogP contribution in [-0.2, 0) is 6.54 Å². The molecule has 2 heterocycles. The summed E-state index contributed by atoms with van der Waals surface area (Å²) < 4.78 is 2.02. The molecule has 86 valence electrons. The normalized spacial score (nSPS) is 12.9. The Kier molecular flexibility index (Phi) is 3.41. The minimum atomic E-state index is -0.298. The van der Waals surface area contributed by atoms with Gasteiger partial charge in [-0.25, -0.2) is 4.98 Å². The number of aliphatic hydroxyl groups excluding tert-OH is 1. The van der Waals surface area contributed by atoms with Crippen molar-refractivity contribution in [1.29, 1.82) is 0 Å². The number of aliphatic hydroxyl groups is 1. The van der Waals surface area contributed by atoms with Gasteiger partial charge in [-0.05, 0) is 30.4 Å². The summed E-state index contributed by atoms with van der Waals surface area (Å²) in [7, 11) is 0. The molecule has 2 aromatic rings. The summed E-state index contributed by atoms with van der Waals surface area (Å²) in [4.78, 5) is 5.56. The van der Waals surface area contributed by atoms with Crippen molar-refractivity contribution >= 4 is 11.3 Å². The average Bonchev–Trinajstić information content (AvgIpc) is 2.86. The van der Waals surface area contributed by atoms with Crippen LogP contribution in [0.4, 0.5) is 0 Å². The lowest BCUT2D eigenvalue weighted by atomic mass is 10.2. The Labute approximate surface area is 99.4 Å². The van der Waals surface area contributed by atoms with E-state index in [9.17, 15) is 5.11 Å². The third kappa shape index (κ3) is 2.18. The van der Waals surface area contributed by atoms with Gasteiger partial charge in [-0.2, -0.15) is 0 Å². The molecule has 0 saturated carbocycles. The van der Waals surface area contributed by atoms with E-state index in [4.69, 9.17) is 0 Å². The van der Waals surface area contributed by atoms with E-state index in [2.05, 4.69) is 23.4 Å². The summed E-state index contributed by atoms with van der Waals surface area (Å²) in [6.07, 6.45) is 4.18. The molecule has 0 saturated heterocycles. The van der Waals surface area contributed by atoms with Gasteiger partial charge >= 0.3 is 0 Å². The maximum atomic E-state index is 9.68. The fourth-order valence-corrected chi connectivity index (χ4v) is 2.56. The molecule has 2 rings (SSSR count). The van der Waals surface area contributed by atoms with Crippen LogP contribution in [0.1, 0.15) is 18.9 Å². The average molecular weight is 236 g/mol. The predicted molar refractivity (Wildman–Crippen MR) is 66.6 cm³/mol. The molecule has 3 nitrogen and oxygen atoms in total. The molecule has 2 aromatic heterocycles. The van der Waals surface area contributed by atoms with Gasteiger partial charge in [-0.15, -0.1) is 11.3 Å². The first-order valence-electron chi connectivity index (χ1n) is 5.46. The molecule has 1 atom stereocenters.